The van der Waals surface area contributed by atoms with E-state index in [1.54, 1.807) is 59.5 Å². The molecule has 0 saturated carbocycles. The molecule has 1 heterocycles. The molecule has 1 fully saturated rings. The lowest BCUT2D eigenvalue weighted by atomic mass is 10.2. The smallest absolute Gasteiger partial charge is 0.266 e. The van der Waals surface area contributed by atoms with E-state index in [-0.39, 0.29) is 5.91 Å². The van der Waals surface area contributed by atoms with E-state index < -0.39 is 15.9 Å². The van der Waals surface area contributed by atoms with Gasteiger partial charge in [0.2, 0.25) is 10.0 Å². The van der Waals surface area contributed by atoms with E-state index in [1.165, 1.54) is 11.8 Å². The highest BCUT2D eigenvalue weighted by atomic mass is 35.6. The molecule has 0 aliphatic carbocycles. The summed E-state index contributed by atoms with van der Waals surface area (Å²) in [6.07, 6.45) is 0.476. The molecule has 11 heteroatoms. The zero-order valence-corrected chi connectivity index (χ0v) is 23.5. The zero-order valence-electron chi connectivity index (χ0n) is 18.9. The SMILES string of the molecule is O=C(N[C@@H](Oc1ccc(/C=C2\SC(=S)N(Cc3ccccc3)C2=O)cc1)C(Cl)(Cl)Cl)c1ccc(Cl)cc1. The number of thiocarbonyl (C=S) groups is 1. The third-order valence-corrected chi connectivity index (χ3v) is 7.38. The zero-order chi connectivity index (χ0) is 26.6. The van der Waals surface area contributed by atoms with Gasteiger partial charge in [-0.3, -0.25) is 14.5 Å². The summed E-state index contributed by atoms with van der Waals surface area (Å²) >= 11 is 30.7. The van der Waals surface area contributed by atoms with Crippen LogP contribution in [0.25, 0.3) is 6.08 Å². The molecule has 37 heavy (non-hydrogen) atoms. The summed E-state index contributed by atoms with van der Waals surface area (Å²) in [5, 5.41) is 3.06. The molecule has 1 N–H and O–H groups in total. The Bertz CT molecular complexity index is 1330. The van der Waals surface area contributed by atoms with Crippen LogP contribution in [0.15, 0.2) is 83.8 Å². The first-order chi connectivity index (χ1) is 17.6. The lowest BCUT2D eigenvalue weighted by Crippen LogP contribution is -2.47. The molecule has 3 aromatic carbocycles. The number of alkyl halides is 3. The summed E-state index contributed by atoms with van der Waals surface area (Å²) in [7, 11) is 0. The van der Waals surface area contributed by atoms with E-state index in [0.29, 0.717) is 32.1 Å². The maximum absolute atomic E-state index is 12.9. The van der Waals surface area contributed by atoms with Crippen molar-refractivity contribution in [3.63, 3.8) is 0 Å². The van der Waals surface area contributed by atoms with Crippen LogP contribution < -0.4 is 10.1 Å². The first-order valence-electron chi connectivity index (χ1n) is 10.8. The van der Waals surface area contributed by atoms with E-state index in [2.05, 4.69) is 5.32 Å². The van der Waals surface area contributed by atoms with Crippen LogP contribution in [0, 0.1) is 0 Å². The predicted octanol–water partition coefficient (Wildman–Crippen LogP) is 7.25. The van der Waals surface area contributed by atoms with Crippen LogP contribution in [0.1, 0.15) is 21.5 Å². The van der Waals surface area contributed by atoms with Gasteiger partial charge in [0.15, 0.2) is 0 Å². The Morgan fingerprint density at radius 2 is 1.68 bits per heavy atom. The van der Waals surface area contributed by atoms with Crippen molar-refractivity contribution >= 4 is 92.6 Å². The molecule has 5 nitrogen and oxygen atoms in total. The molecular formula is C26H18Cl4N2O3S2. The molecule has 2 amide bonds. The molecule has 1 atom stereocenters. The van der Waals surface area contributed by atoms with Crippen LogP contribution in [0.3, 0.4) is 0 Å². The molecule has 190 valence electrons. The van der Waals surface area contributed by atoms with Crippen LogP contribution in [-0.4, -0.2) is 31.1 Å². The third-order valence-electron chi connectivity index (χ3n) is 5.15. The largest absolute Gasteiger partial charge is 0.466 e. The minimum atomic E-state index is -1.95. The first-order valence-corrected chi connectivity index (χ1v) is 13.5. The van der Waals surface area contributed by atoms with Crippen molar-refractivity contribution in [2.24, 2.45) is 0 Å². The number of carbonyl (C=O) groups is 2. The monoisotopic (exact) mass is 610 g/mol. The first kappa shape index (κ1) is 27.8. The van der Waals surface area contributed by atoms with Crippen molar-refractivity contribution < 1.29 is 14.3 Å². The summed E-state index contributed by atoms with van der Waals surface area (Å²) in [6.45, 7) is 0.412. The summed E-state index contributed by atoms with van der Waals surface area (Å²) < 4.78 is 4.32. The molecule has 0 bridgehead atoms. The third kappa shape index (κ3) is 7.41. The van der Waals surface area contributed by atoms with Gasteiger partial charge in [-0.2, -0.15) is 0 Å². The summed E-state index contributed by atoms with van der Waals surface area (Å²) in [6, 6.07) is 22.7. The van der Waals surface area contributed by atoms with Gasteiger partial charge in [0, 0.05) is 10.6 Å². The molecule has 1 saturated heterocycles. The number of rotatable bonds is 7. The Hall–Kier alpha value is -2.26. The molecule has 3 aromatic rings. The second-order valence-corrected chi connectivity index (χ2v) is 12.3. The van der Waals surface area contributed by atoms with Crippen LogP contribution in [0.4, 0.5) is 0 Å². The van der Waals surface area contributed by atoms with E-state index in [0.717, 1.165) is 11.1 Å². The van der Waals surface area contributed by atoms with Crippen molar-refractivity contribution in [2.45, 2.75) is 16.6 Å². The van der Waals surface area contributed by atoms with Gasteiger partial charge in [-0.15, -0.1) is 0 Å². The Morgan fingerprint density at radius 3 is 2.30 bits per heavy atom. The molecule has 4 rings (SSSR count). The van der Waals surface area contributed by atoms with Crippen molar-refractivity contribution in [1.82, 2.24) is 10.2 Å². The number of nitrogens with one attached hydrogen (secondary N) is 1. The Kier molecular flexibility index (Phi) is 9.06. The molecule has 0 aromatic heterocycles. The van der Waals surface area contributed by atoms with Crippen molar-refractivity contribution in [3.05, 3.63) is 105 Å². The van der Waals surface area contributed by atoms with Gasteiger partial charge in [-0.25, -0.2) is 0 Å². The number of amides is 2. The van der Waals surface area contributed by atoms with Gasteiger partial charge in [0.05, 0.1) is 11.4 Å². The number of thioether (sulfide) groups is 1. The second-order valence-electron chi connectivity index (χ2n) is 7.84. The molecule has 0 spiro atoms. The maximum Gasteiger partial charge on any atom is 0.266 e. The highest BCUT2D eigenvalue weighted by Gasteiger charge is 2.36. The fourth-order valence-electron chi connectivity index (χ4n) is 3.31. The Morgan fingerprint density at radius 1 is 1.03 bits per heavy atom. The normalized spacial score (nSPS) is 15.7. The van der Waals surface area contributed by atoms with E-state index >= 15 is 0 Å². The van der Waals surface area contributed by atoms with Gasteiger partial charge in [-0.05, 0) is 53.6 Å². The van der Waals surface area contributed by atoms with Crippen LogP contribution in [0.2, 0.25) is 5.02 Å². The number of carbonyl (C=O) groups excluding carboxylic acids is 2. The summed E-state index contributed by atoms with van der Waals surface area (Å²) in [5.41, 5.74) is 2.07. The molecule has 1 aliphatic heterocycles. The Balaban J connectivity index is 1.43. The van der Waals surface area contributed by atoms with Gasteiger partial charge >= 0.3 is 0 Å². The van der Waals surface area contributed by atoms with E-state index in [4.69, 9.17) is 63.4 Å². The Labute approximate surface area is 243 Å². The quantitative estimate of drug-likeness (QED) is 0.132. The minimum Gasteiger partial charge on any atom is -0.466 e. The van der Waals surface area contributed by atoms with Crippen molar-refractivity contribution in [3.8, 4) is 5.75 Å². The van der Waals surface area contributed by atoms with Crippen LogP contribution in [-0.2, 0) is 11.3 Å². The van der Waals surface area contributed by atoms with Gasteiger partial charge in [0.25, 0.3) is 11.8 Å². The molecule has 0 radical (unpaired) electrons. The fraction of sp³-hybridized carbons (Fsp3) is 0.115. The number of nitrogens with zero attached hydrogens (tertiary/aromatic N) is 1. The number of ether oxygens (including phenoxy) is 1. The molecule has 1 aliphatic rings. The van der Waals surface area contributed by atoms with Gasteiger partial charge in [-0.1, -0.05) is 113 Å². The lowest BCUT2D eigenvalue weighted by molar-refractivity contribution is -0.122. The number of halogens is 4. The van der Waals surface area contributed by atoms with Crippen molar-refractivity contribution in [2.75, 3.05) is 0 Å². The topological polar surface area (TPSA) is 58.6 Å². The lowest BCUT2D eigenvalue weighted by Gasteiger charge is -2.26. The summed E-state index contributed by atoms with van der Waals surface area (Å²) in [5.74, 6) is -0.302. The number of hydrogen-bond donors (Lipinski definition) is 1. The highest BCUT2D eigenvalue weighted by molar-refractivity contribution is 8.26. The average molecular weight is 612 g/mol. The maximum atomic E-state index is 12.9. The van der Waals surface area contributed by atoms with E-state index in [1.807, 2.05) is 30.3 Å². The molecular weight excluding hydrogens is 594 g/mol. The highest BCUT2D eigenvalue weighted by Crippen LogP contribution is 2.35. The number of benzene rings is 3. The van der Waals surface area contributed by atoms with E-state index in [9.17, 15) is 9.59 Å². The van der Waals surface area contributed by atoms with Crippen LogP contribution >= 0.6 is 70.4 Å². The predicted molar refractivity (Wildman–Crippen MR) is 155 cm³/mol. The van der Waals surface area contributed by atoms with Gasteiger partial charge < -0.3 is 10.1 Å². The number of hydrogen-bond acceptors (Lipinski definition) is 5. The van der Waals surface area contributed by atoms with Crippen molar-refractivity contribution in [1.29, 1.82) is 0 Å². The summed E-state index contributed by atoms with van der Waals surface area (Å²) in [4.78, 5) is 27.6. The minimum absolute atomic E-state index is 0.152. The second kappa shape index (κ2) is 12.1. The fourth-order valence-corrected chi connectivity index (χ4v) is 4.99. The van der Waals surface area contributed by atoms with Crippen LogP contribution in [0.5, 0.6) is 5.75 Å². The molecule has 0 unspecified atom stereocenters. The average Bonchev–Trinajstić information content (AvgIpc) is 3.12. The van der Waals surface area contributed by atoms with Gasteiger partial charge in [0.1, 0.15) is 10.1 Å². The standard InChI is InChI=1S/C26H18Cl4N2O3S2/c27-19-10-8-18(9-11-19)22(33)31-24(26(28,29)30)35-20-12-6-16(7-13-20)14-21-23(34)32(25(36)37-21)15-17-4-2-1-3-5-17/h1-14,24H,15H2,(H,31,33)/b21-14-/t24-/m0/s1.